The molecular formula is C29H45NO6. The van der Waals surface area contributed by atoms with Gasteiger partial charge >= 0.3 is 0 Å². The number of carbonyl (C=O) groups excluding carboxylic acids is 2. The molecule has 7 heteroatoms. The highest BCUT2D eigenvalue weighted by Crippen LogP contribution is 2.65. The lowest BCUT2D eigenvalue weighted by Gasteiger charge is -2.63. The third kappa shape index (κ3) is 4.00. The van der Waals surface area contributed by atoms with Gasteiger partial charge in [0.1, 0.15) is 11.2 Å². The van der Waals surface area contributed by atoms with Crippen molar-refractivity contribution in [1.29, 1.82) is 0 Å². The van der Waals surface area contributed by atoms with E-state index >= 15 is 0 Å². The molecule has 0 spiro atoms. The second-order valence-electron chi connectivity index (χ2n) is 14.2. The minimum atomic E-state index is -1.28. The van der Waals surface area contributed by atoms with Crippen molar-refractivity contribution in [3.05, 3.63) is 11.6 Å². The van der Waals surface area contributed by atoms with Crippen LogP contribution in [0.5, 0.6) is 0 Å². The highest BCUT2D eigenvalue weighted by atomic mass is 17.3. The Hall–Kier alpha value is -1.28. The van der Waals surface area contributed by atoms with Crippen LogP contribution in [0.25, 0.3) is 0 Å². The summed E-state index contributed by atoms with van der Waals surface area (Å²) in [6.45, 7) is 17.2. The summed E-state index contributed by atoms with van der Waals surface area (Å²) in [6, 6.07) is 0. The normalized spacial score (nSPS) is 41.9. The standard InChI is InChI=1S/C29H45NO6/c1-18-15-23(31)30(24(18)32)14-13-29(8,35-33-27(6)11-9-19-16-21(27)25(19,2)3)36-34-28(7)12-10-20-17-22(28)26(20,4)5/h15,19-22H,9-14,16-17H2,1-8H3. The van der Waals surface area contributed by atoms with Crippen molar-refractivity contribution in [1.82, 2.24) is 4.90 Å². The van der Waals surface area contributed by atoms with Crippen LogP contribution in [-0.4, -0.2) is 40.2 Å². The topological polar surface area (TPSA) is 74.3 Å². The van der Waals surface area contributed by atoms with Crippen molar-refractivity contribution >= 4 is 11.8 Å². The van der Waals surface area contributed by atoms with Crippen LogP contribution in [0.3, 0.4) is 0 Å². The van der Waals surface area contributed by atoms with Crippen LogP contribution in [0, 0.1) is 34.5 Å². The Balaban J connectivity index is 1.29. The number of rotatable bonds is 9. The maximum atomic E-state index is 12.5. The van der Waals surface area contributed by atoms with Gasteiger partial charge in [0, 0.05) is 24.6 Å². The number of carbonyl (C=O) groups is 2. The van der Waals surface area contributed by atoms with Crippen LogP contribution in [0.2, 0.25) is 0 Å². The van der Waals surface area contributed by atoms with Crippen LogP contribution >= 0.6 is 0 Å². The Morgan fingerprint density at radius 3 is 1.72 bits per heavy atom. The lowest BCUT2D eigenvalue weighted by molar-refractivity contribution is -0.557. The molecule has 202 valence electrons. The zero-order valence-electron chi connectivity index (χ0n) is 23.4. The Kier molecular flexibility index (Phi) is 6.11. The molecule has 0 aromatic rings. The molecule has 6 atom stereocenters. The van der Waals surface area contributed by atoms with Crippen molar-refractivity contribution in [3.63, 3.8) is 0 Å². The Bertz CT molecular complexity index is 919. The van der Waals surface area contributed by atoms with Gasteiger partial charge in [0.2, 0.25) is 5.79 Å². The van der Waals surface area contributed by atoms with Gasteiger partial charge in [-0.2, -0.15) is 9.78 Å². The smallest absolute Gasteiger partial charge is 0.256 e. The van der Waals surface area contributed by atoms with Crippen LogP contribution in [-0.2, 0) is 29.1 Å². The number of hydrogen-bond donors (Lipinski definition) is 0. The largest absolute Gasteiger partial charge is 0.275 e. The molecular weight excluding hydrogens is 458 g/mol. The van der Waals surface area contributed by atoms with E-state index in [0.29, 0.717) is 17.4 Å². The van der Waals surface area contributed by atoms with Gasteiger partial charge in [0.05, 0.1) is 0 Å². The fraction of sp³-hybridized carbons (Fsp3) is 0.862. The molecule has 0 N–H and O–H groups in total. The van der Waals surface area contributed by atoms with Gasteiger partial charge in [-0.25, -0.2) is 9.78 Å². The van der Waals surface area contributed by atoms with E-state index in [1.807, 2.05) is 0 Å². The lowest BCUT2D eigenvalue weighted by Crippen LogP contribution is -2.62. The molecule has 6 unspecified atom stereocenters. The molecule has 0 radical (unpaired) electrons. The van der Waals surface area contributed by atoms with E-state index in [0.717, 1.165) is 50.4 Å². The summed E-state index contributed by atoms with van der Waals surface area (Å²) >= 11 is 0. The van der Waals surface area contributed by atoms with Crippen molar-refractivity contribution in [3.8, 4) is 0 Å². The summed E-state index contributed by atoms with van der Waals surface area (Å²) in [5.41, 5.74) is 0.0629. The summed E-state index contributed by atoms with van der Waals surface area (Å²) in [5.74, 6) is 0.454. The van der Waals surface area contributed by atoms with Crippen LogP contribution in [0.1, 0.15) is 100 Å². The van der Waals surface area contributed by atoms with Gasteiger partial charge in [0.25, 0.3) is 11.8 Å². The van der Waals surface area contributed by atoms with E-state index in [4.69, 9.17) is 19.6 Å². The van der Waals surface area contributed by atoms with Crippen LogP contribution in [0.4, 0.5) is 0 Å². The highest BCUT2D eigenvalue weighted by molar-refractivity contribution is 6.15. The molecule has 7 aliphatic rings. The summed E-state index contributed by atoms with van der Waals surface area (Å²) in [4.78, 5) is 50.9. The molecule has 6 saturated carbocycles. The van der Waals surface area contributed by atoms with E-state index in [1.165, 1.54) is 11.0 Å². The van der Waals surface area contributed by atoms with Gasteiger partial charge in [0.15, 0.2) is 0 Å². The second kappa shape index (κ2) is 8.36. The fourth-order valence-electron chi connectivity index (χ4n) is 8.18. The molecule has 6 aliphatic carbocycles. The molecule has 4 bridgehead atoms. The van der Waals surface area contributed by atoms with Gasteiger partial charge in [-0.3, -0.25) is 14.5 Å². The molecule has 0 aromatic heterocycles. The van der Waals surface area contributed by atoms with Gasteiger partial charge in [-0.05, 0) is 101 Å². The SMILES string of the molecule is CC1=CC(=O)N(CCC(C)(OOC2(C)CCC3CC2C3(C)C)OOC2(C)CCC3CC2C3(C)C)C1=O. The first-order valence-corrected chi connectivity index (χ1v) is 13.9. The molecule has 1 heterocycles. The molecule has 36 heavy (non-hydrogen) atoms. The van der Waals surface area contributed by atoms with Crippen molar-refractivity contribution in [2.45, 2.75) is 117 Å². The summed E-state index contributed by atoms with van der Waals surface area (Å²) in [6.07, 6.45) is 8.03. The average Bonchev–Trinajstić information content (AvgIpc) is 3.05. The summed E-state index contributed by atoms with van der Waals surface area (Å²) < 4.78 is 0. The maximum absolute atomic E-state index is 12.5. The number of hydrogen-bond acceptors (Lipinski definition) is 6. The van der Waals surface area contributed by atoms with Crippen molar-refractivity contribution < 1.29 is 29.1 Å². The molecule has 7 rings (SSSR count). The van der Waals surface area contributed by atoms with Crippen LogP contribution in [0.15, 0.2) is 11.6 Å². The second-order valence-corrected chi connectivity index (χ2v) is 14.2. The predicted octanol–water partition coefficient (Wildman–Crippen LogP) is 5.73. The number of amides is 2. The van der Waals surface area contributed by atoms with Gasteiger partial charge in [-0.1, -0.05) is 27.7 Å². The van der Waals surface area contributed by atoms with Crippen molar-refractivity contribution in [2.24, 2.45) is 34.5 Å². The average molecular weight is 504 g/mol. The Labute approximate surface area is 216 Å². The van der Waals surface area contributed by atoms with E-state index in [2.05, 4.69) is 41.5 Å². The summed E-state index contributed by atoms with van der Waals surface area (Å²) in [7, 11) is 0. The molecule has 0 aromatic carbocycles. The first-order chi connectivity index (χ1) is 16.6. The molecule has 6 fully saturated rings. The number of fused-ring (bicyclic) bond motifs is 4. The lowest BCUT2D eigenvalue weighted by atomic mass is 9.44. The third-order valence-corrected chi connectivity index (χ3v) is 11.2. The number of nitrogens with zero attached hydrogens (tertiary/aromatic N) is 1. The molecule has 0 saturated heterocycles. The molecule has 7 nitrogen and oxygen atoms in total. The number of imide groups is 1. The minimum Gasteiger partial charge on any atom is -0.275 e. The minimum absolute atomic E-state index is 0.163. The first-order valence-electron chi connectivity index (χ1n) is 13.9. The predicted molar refractivity (Wildman–Crippen MR) is 134 cm³/mol. The quantitative estimate of drug-likeness (QED) is 0.173. The fourth-order valence-corrected chi connectivity index (χ4v) is 8.18. The van der Waals surface area contributed by atoms with Crippen LogP contribution < -0.4 is 0 Å². The van der Waals surface area contributed by atoms with E-state index < -0.39 is 17.0 Å². The van der Waals surface area contributed by atoms with E-state index in [9.17, 15) is 9.59 Å². The highest BCUT2D eigenvalue weighted by Gasteiger charge is 2.62. The first kappa shape index (κ1) is 26.3. The monoisotopic (exact) mass is 503 g/mol. The maximum Gasteiger partial charge on any atom is 0.256 e. The third-order valence-electron chi connectivity index (χ3n) is 11.2. The molecule has 2 amide bonds. The van der Waals surface area contributed by atoms with E-state index in [-0.39, 0.29) is 35.6 Å². The summed E-state index contributed by atoms with van der Waals surface area (Å²) in [5, 5.41) is 0. The molecule has 1 aliphatic heterocycles. The zero-order chi connectivity index (χ0) is 26.3. The zero-order valence-corrected chi connectivity index (χ0v) is 23.4. The Morgan fingerprint density at radius 1 is 0.889 bits per heavy atom. The van der Waals surface area contributed by atoms with Gasteiger partial charge < -0.3 is 0 Å². The van der Waals surface area contributed by atoms with Gasteiger partial charge in [-0.15, -0.1) is 0 Å². The van der Waals surface area contributed by atoms with E-state index in [1.54, 1.807) is 13.8 Å². The van der Waals surface area contributed by atoms with Crippen molar-refractivity contribution in [2.75, 3.05) is 6.54 Å². The Morgan fingerprint density at radius 2 is 1.36 bits per heavy atom.